The Bertz CT molecular complexity index is 613. The van der Waals surface area contributed by atoms with Crippen LogP contribution in [0, 0.1) is 0 Å². The van der Waals surface area contributed by atoms with Crippen LogP contribution in [0.2, 0.25) is 0 Å². The van der Waals surface area contributed by atoms with E-state index in [1.54, 1.807) is 20.1 Å². The van der Waals surface area contributed by atoms with Crippen LogP contribution in [-0.2, 0) is 11.3 Å². The van der Waals surface area contributed by atoms with E-state index in [0.29, 0.717) is 18.8 Å². The van der Waals surface area contributed by atoms with Crippen molar-refractivity contribution in [2.75, 3.05) is 13.7 Å². The largest absolute Gasteiger partial charge is 0.497 e. The second-order valence-corrected chi connectivity index (χ2v) is 4.07. The Kier molecular flexibility index (Phi) is 3.90. The van der Waals surface area contributed by atoms with Crippen molar-refractivity contribution in [2.24, 2.45) is 0 Å². The Morgan fingerprint density at radius 1 is 1.42 bits per heavy atom. The number of carbonyl (C=O) groups excluding carboxylic acids is 1. The third-order valence-electron chi connectivity index (χ3n) is 2.90. The number of hydrogen-bond donors (Lipinski definition) is 0. The van der Waals surface area contributed by atoms with Gasteiger partial charge in [-0.05, 0) is 31.2 Å². The number of rotatable bonds is 5. The quantitative estimate of drug-likeness (QED) is 0.612. The first-order chi connectivity index (χ1) is 9.21. The summed E-state index contributed by atoms with van der Waals surface area (Å²) in [6.07, 6.45) is 1.76. The Labute approximate surface area is 112 Å². The minimum absolute atomic E-state index is 0.320. The Hall–Kier alpha value is -2.23. The molecule has 0 radical (unpaired) electrons. The maximum Gasteiger partial charge on any atom is 0.354 e. The van der Waals surface area contributed by atoms with E-state index < -0.39 is 0 Å². The van der Waals surface area contributed by atoms with Gasteiger partial charge in [-0.2, -0.15) is 0 Å². The maximum absolute atomic E-state index is 12.0. The minimum Gasteiger partial charge on any atom is -0.497 e. The summed E-state index contributed by atoms with van der Waals surface area (Å²) in [7, 11) is 1.62. The number of aromatic nitrogens is 1. The van der Waals surface area contributed by atoms with Crippen LogP contribution in [0.1, 0.15) is 17.4 Å². The number of carbonyl (C=O) groups is 1. The van der Waals surface area contributed by atoms with Gasteiger partial charge in [0.15, 0.2) is 0 Å². The molecule has 1 aromatic heterocycles. The van der Waals surface area contributed by atoms with Gasteiger partial charge < -0.3 is 14.0 Å². The number of ether oxygens (including phenoxy) is 2. The molecule has 2 aromatic rings. The summed E-state index contributed by atoms with van der Waals surface area (Å²) in [4.78, 5) is 12.0. The van der Waals surface area contributed by atoms with Crippen molar-refractivity contribution >= 4 is 16.9 Å². The summed E-state index contributed by atoms with van der Waals surface area (Å²) >= 11 is 0. The minimum atomic E-state index is -0.320. The van der Waals surface area contributed by atoms with Crippen molar-refractivity contribution in [1.82, 2.24) is 4.57 Å². The van der Waals surface area contributed by atoms with E-state index in [4.69, 9.17) is 9.47 Å². The highest BCUT2D eigenvalue weighted by atomic mass is 16.5. The highest BCUT2D eigenvalue weighted by Crippen LogP contribution is 2.25. The van der Waals surface area contributed by atoms with Gasteiger partial charge in [0.25, 0.3) is 0 Å². The molecule has 0 aliphatic rings. The molecule has 2 rings (SSSR count). The summed E-state index contributed by atoms with van der Waals surface area (Å²) in [5, 5.41) is 0.948. The number of nitrogens with zero attached hydrogens (tertiary/aromatic N) is 1. The van der Waals surface area contributed by atoms with Crippen molar-refractivity contribution in [1.29, 1.82) is 0 Å². The van der Waals surface area contributed by atoms with Crippen molar-refractivity contribution in [3.8, 4) is 5.75 Å². The van der Waals surface area contributed by atoms with Gasteiger partial charge in [0.2, 0.25) is 0 Å². The van der Waals surface area contributed by atoms with Crippen molar-refractivity contribution < 1.29 is 14.3 Å². The average molecular weight is 259 g/mol. The van der Waals surface area contributed by atoms with Gasteiger partial charge >= 0.3 is 5.97 Å². The molecular formula is C15H17NO3. The van der Waals surface area contributed by atoms with Gasteiger partial charge in [0, 0.05) is 17.4 Å². The van der Waals surface area contributed by atoms with E-state index in [9.17, 15) is 4.79 Å². The monoisotopic (exact) mass is 259 g/mol. The summed E-state index contributed by atoms with van der Waals surface area (Å²) in [6.45, 7) is 6.44. The van der Waals surface area contributed by atoms with Crippen molar-refractivity contribution in [3.63, 3.8) is 0 Å². The fourth-order valence-corrected chi connectivity index (χ4v) is 2.08. The second kappa shape index (κ2) is 5.61. The Morgan fingerprint density at radius 2 is 2.21 bits per heavy atom. The molecule has 1 heterocycles. The van der Waals surface area contributed by atoms with Crippen molar-refractivity contribution in [2.45, 2.75) is 13.5 Å². The number of methoxy groups -OCH3 is 1. The topological polar surface area (TPSA) is 40.5 Å². The van der Waals surface area contributed by atoms with Crippen LogP contribution in [0.25, 0.3) is 10.9 Å². The summed E-state index contributed by atoms with van der Waals surface area (Å²) in [5.41, 5.74) is 1.49. The summed E-state index contributed by atoms with van der Waals surface area (Å²) < 4.78 is 12.2. The van der Waals surface area contributed by atoms with E-state index >= 15 is 0 Å². The number of esters is 1. The van der Waals surface area contributed by atoms with Crippen LogP contribution in [0.5, 0.6) is 5.75 Å². The molecular weight excluding hydrogens is 242 g/mol. The predicted molar refractivity (Wildman–Crippen MR) is 74.6 cm³/mol. The molecule has 0 N–H and O–H groups in total. The zero-order chi connectivity index (χ0) is 13.8. The van der Waals surface area contributed by atoms with Crippen LogP contribution in [-0.4, -0.2) is 24.3 Å². The lowest BCUT2D eigenvalue weighted by Crippen LogP contribution is -2.11. The van der Waals surface area contributed by atoms with Gasteiger partial charge in [-0.1, -0.05) is 6.08 Å². The van der Waals surface area contributed by atoms with Gasteiger partial charge in [-0.15, -0.1) is 6.58 Å². The lowest BCUT2D eigenvalue weighted by atomic mass is 10.2. The smallest absolute Gasteiger partial charge is 0.354 e. The van der Waals surface area contributed by atoms with Gasteiger partial charge in [-0.3, -0.25) is 0 Å². The molecule has 0 saturated carbocycles. The molecule has 0 aliphatic carbocycles. The van der Waals surface area contributed by atoms with Crippen LogP contribution in [0.15, 0.2) is 36.9 Å². The maximum atomic E-state index is 12.0. The molecule has 0 atom stereocenters. The number of allylic oxidation sites excluding steroid dienone is 1. The lowest BCUT2D eigenvalue weighted by molar-refractivity contribution is 0.0515. The van der Waals surface area contributed by atoms with E-state index in [0.717, 1.165) is 16.7 Å². The first-order valence-corrected chi connectivity index (χ1v) is 6.16. The first-order valence-electron chi connectivity index (χ1n) is 6.16. The first kappa shape index (κ1) is 13.2. The zero-order valence-electron chi connectivity index (χ0n) is 11.2. The van der Waals surface area contributed by atoms with Crippen molar-refractivity contribution in [3.05, 3.63) is 42.6 Å². The number of benzene rings is 1. The third-order valence-corrected chi connectivity index (χ3v) is 2.90. The molecule has 0 spiro atoms. The standard InChI is InChI=1S/C15H17NO3/c1-4-8-16-13-7-6-12(18-3)9-11(13)10-14(16)15(17)19-5-2/h4,6-7,9-10H,1,5,8H2,2-3H3. The normalized spacial score (nSPS) is 10.4. The Balaban J connectivity index is 2.58. The molecule has 0 amide bonds. The van der Waals surface area contributed by atoms with E-state index in [1.807, 2.05) is 28.8 Å². The lowest BCUT2D eigenvalue weighted by Gasteiger charge is -2.07. The third kappa shape index (κ3) is 2.47. The molecule has 4 nitrogen and oxygen atoms in total. The molecule has 0 bridgehead atoms. The summed E-state index contributed by atoms with van der Waals surface area (Å²) in [5.74, 6) is 0.443. The SMILES string of the molecule is C=CCn1c(C(=O)OCC)cc2cc(OC)ccc21. The van der Waals surface area contributed by atoms with E-state index in [-0.39, 0.29) is 5.97 Å². The predicted octanol–water partition coefficient (Wildman–Crippen LogP) is 3.01. The van der Waals surface area contributed by atoms with Crippen LogP contribution >= 0.6 is 0 Å². The Morgan fingerprint density at radius 3 is 2.84 bits per heavy atom. The number of hydrogen-bond acceptors (Lipinski definition) is 3. The molecule has 0 unspecified atom stereocenters. The van der Waals surface area contributed by atoms with Crippen LogP contribution < -0.4 is 4.74 Å². The molecule has 0 aliphatic heterocycles. The van der Waals surface area contributed by atoms with E-state index in [2.05, 4.69) is 6.58 Å². The molecule has 1 aromatic carbocycles. The highest BCUT2D eigenvalue weighted by Gasteiger charge is 2.16. The molecule has 0 fully saturated rings. The zero-order valence-corrected chi connectivity index (χ0v) is 11.2. The number of fused-ring (bicyclic) bond motifs is 1. The molecule has 100 valence electrons. The fourth-order valence-electron chi connectivity index (χ4n) is 2.08. The van der Waals surface area contributed by atoms with Gasteiger partial charge in [0.1, 0.15) is 11.4 Å². The second-order valence-electron chi connectivity index (χ2n) is 4.07. The van der Waals surface area contributed by atoms with Crippen LogP contribution in [0.3, 0.4) is 0 Å². The molecule has 4 heteroatoms. The highest BCUT2D eigenvalue weighted by molar-refractivity contribution is 5.96. The van der Waals surface area contributed by atoms with E-state index in [1.165, 1.54) is 0 Å². The molecule has 19 heavy (non-hydrogen) atoms. The summed E-state index contributed by atoms with van der Waals surface area (Å²) in [6, 6.07) is 7.52. The fraction of sp³-hybridized carbons (Fsp3) is 0.267. The van der Waals surface area contributed by atoms with Crippen LogP contribution in [0.4, 0.5) is 0 Å². The van der Waals surface area contributed by atoms with Gasteiger partial charge in [-0.25, -0.2) is 4.79 Å². The van der Waals surface area contributed by atoms with Gasteiger partial charge in [0.05, 0.1) is 13.7 Å². The average Bonchev–Trinajstić information content (AvgIpc) is 2.77. The molecule has 0 saturated heterocycles.